The maximum atomic E-state index is 12.9. The zero-order chi connectivity index (χ0) is 17.1. The molecule has 0 saturated carbocycles. The third-order valence-electron chi connectivity index (χ3n) is 3.62. The molecule has 116 valence electrons. The third kappa shape index (κ3) is 2.41. The number of benzene rings is 2. The Morgan fingerprint density at radius 2 is 1.42 bits per heavy atom. The second-order valence-electron chi connectivity index (χ2n) is 5.00. The number of rotatable bonds is 4. The molecule has 4 heteroatoms. The lowest BCUT2D eigenvalue weighted by atomic mass is 9.83. The standard InChI is InChI=1S/C20H12O4/c1-3-11-23-16-10-9-15-17(20(16)24-12-4-2)19(22)14-8-6-5-7-13(14)18(15)21/h1-2,5-10H,11-12H2. The van der Waals surface area contributed by atoms with Gasteiger partial charge in [0.05, 0.1) is 5.56 Å². The molecule has 2 aromatic rings. The highest BCUT2D eigenvalue weighted by Crippen LogP contribution is 2.39. The van der Waals surface area contributed by atoms with Gasteiger partial charge in [0.15, 0.2) is 23.1 Å². The Morgan fingerprint density at radius 3 is 2.08 bits per heavy atom. The van der Waals surface area contributed by atoms with Crippen molar-refractivity contribution in [1.82, 2.24) is 0 Å². The van der Waals surface area contributed by atoms with Crippen LogP contribution in [0.5, 0.6) is 11.5 Å². The summed E-state index contributed by atoms with van der Waals surface area (Å²) < 4.78 is 10.9. The van der Waals surface area contributed by atoms with Gasteiger partial charge in [-0.2, -0.15) is 0 Å². The lowest BCUT2D eigenvalue weighted by molar-refractivity contribution is 0.0975. The third-order valence-corrected chi connectivity index (χ3v) is 3.62. The first kappa shape index (κ1) is 15.4. The predicted octanol–water partition coefficient (Wildman–Crippen LogP) is 2.49. The zero-order valence-electron chi connectivity index (χ0n) is 12.7. The highest BCUT2D eigenvalue weighted by Gasteiger charge is 2.33. The molecule has 0 saturated heterocycles. The van der Waals surface area contributed by atoms with E-state index in [1.54, 1.807) is 36.4 Å². The Labute approximate surface area is 139 Å². The Balaban J connectivity index is 2.20. The molecule has 0 N–H and O–H groups in total. The van der Waals surface area contributed by atoms with Gasteiger partial charge in [-0.05, 0) is 12.1 Å². The molecule has 2 aromatic carbocycles. The molecule has 0 aromatic heterocycles. The van der Waals surface area contributed by atoms with Crippen LogP contribution in [0.1, 0.15) is 31.8 Å². The Morgan fingerprint density at radius 1 is 0.792 bits per heavy atom. The summed E-state index contributed by atoms with van der Waals surface area (Å²) in [5.41, 5.74) is 1.12. The van der Waals surface area contributed by atoms with Gasteiger partial charge in [-0.25, -0.2) is 0 Å². The van der Waals surface area contributed by atoms with Gasteiger partial charge in [-0.1, -0.05) is 36.1 Å². The van der Waals surface area contributed by atoms with E-state index in [9.17, 15) is 9.59 Å². The molecule has 0 bridgehead atoms. The van der Waals surface area contributed by atoms with Crippen LogP contribution in [0, 0.1) is 24.7 Å². The van der Waals surface area contributed by atoms with E-state index in [0.29, 0.717) is 11.1 Å². The monoisotopic (exact) mass is 316 g/mol. The SMILES string of the molecule is C#CCOc1ccc2c(c1OCC#C)C(=O)c1ccccc1C2=O. The number of carbonyl (C=O) groups excluding carboxylic acids is 2. The summed E-state index contributed by atoms with van der Waals surface area (Å²) in [5.74, 6) is 4.56. The minimum atomic E-state index is -0.307. The normalized spacial score (nSPS) is 11.8. The van der Waals surface area contributed by atoms with E-state index in [4.69, 9.17) is 22.3 Å². The molecule has 24 heavy (non-hydrogen) atoms. The van der Waals surface area contributed by atoms with Crippen molar-refractivity contribution in [2.45, 2.75) is 0 Å². The molecule has 0 radical (unpaired) electrons. The maximum absolute atomic E-state index is 12.9. The summed E-state index contributed by atoms with van der Waals surface area (Å²) in [6.07, 6.45) is 10.4. The van der Waals surface area contributed by atoms with Gasteiger partial charge in [0.25, 0.3) is 0 Å². The summed E-state index contributed by atoms with van der Waals surface area (Å²) in [7, 11) is 0. The van der Waals surface area contributed by atoms with E-state index in [2.05, 4.69) is 11.8 Å². The van der Waals surface area contributed by atoms with Gasteiger partial charge < -0.3 is 9.47 Å². The highest BCUT2D eigenvalue weighted by atomic mass is 16.5. The smallest absolute Gasteiger partial charge is 0.198 e. The van der Waals surface area contributed by atoms with Crippen LogP contribution in [0.15, 0.2) is 36.4 Å². The number of terminal acetylenes is 2. The molecule has 1 aliphatic rings. The van der Waals surface area contributed by atoms with E-state index >= 15 is 0 Å². The van der Waals surface area contributed by atoms with Crippen molar-refractivity contribution in [2.24, 2.45) is 0 Å². The van der Waals surface area contributed by atoms with Crippen molar-refractivity contribution >= 4 is 11.6 Å². The quantitative estimate of drug-likeness (QED) is 0.694. The number of carbonyl (C=O) groups is 2. The molecule has 3 rings (SSSR count). The first-order valence-corrected chi connectivity index (χ1v) is 7.17. The number of hydrogen-bond donors (Lipinski definition) is 0. The Hall–Kier alpha value is -3.50. The Kier molecular flexibility index (Phi) is 4.05. The van der Waals surface area contributed by atoms with Crippen LogP contribution in [0.2, 0.25) is 0 Å². The van der Waals surface area contributed by atoms with Crippen molar-refractivity contribution in [2.75, 3.05) is 13.2 Å². The largest absolute Gasteiger partial charge is 0.477 e. The van der Waals surface area contributed by atoms with Crippen LogP contribution in [0.4, 0.5) is 0 Å². The first-order chi connectivity index (χ1) is 11.7. The second kappa shape index (κ2) is 6.32. The van der Waals surface area contributed by atoms with Crippen LogP contribution >= 0.6 is 0 Å². The molecule has 0 aliphatic heterocycles. The van der Waals surface area contributed by atoms with E-state index in [1.165, 1.54) is 0 Å². The number of fused-ring (bicyclic) bond motifs is 2. The van der Waals surface area contributed by atoms with Crippen molar-refractivity contribution in [1.29, 1.82) is 0 Å². The predicted molar refractivity (Wildman–Crippen MR) is 88.4 cm³/mol. The fourth-order valence-electron chi connectivity index (χ4n) is 2.63. The van der Waals surface area contributed by atoms with Crippen LogP contribution in [-0.2, 0) is 0 Å². The van der Waals surface area contributed by atoms with Gasteiger partial charge in [0.1, 0.15) is 13.2 Å². The number of ketones is 2. The summed E-state index contributed by atoms with van der Waals surface area (Å²) in [6.45, 7) is -0.0596. The van der Waals surface area contributed by atoms with Gasteiger partial charge in [-0.15, -0.1) is 12.8 Å². The van der Waals surface area contributed by atoms with E-state index in [1.807, 2.05) is 0 Å². The van der Waals surface area contributed by atoms with E-state index < -0.39 is 0 Å². The summed E-state index contributed by atoms with van der Waals surface area (Å²) >= 11 is 0. The molecule has 0 unspecified atom stereocenters. The van der Waals surface area contributed by atoms with Crippen molar-refractivity contribution < 1.29 is 19.1 Å². The lowest BCUT2D eigenvalue weighted by Crippen LogP contribution is -2.22. The molecule has 1 aliphatic carbocycles. The number of ether oxygens (including phenoxy) is 2. The molecule has 0 spiro atoms. The van der Waals surface area contributed by atoms with Crippen molar-refractivity contribution in [3.63, 3.8) is 0 Å². The van der Waals surface area contributed by atoms with Gasteiger partial charge in [0, 0.05) is 16.7 Å². The van der Waals surface area contributed by atoms with Crippen LogP contribution in [-0.4, -0.2) is 24.8 Å². The van der Waals surface area contributed by atoms with Crippen molar-refractivity contribution in [3.05, 3.63) is 58.7 Å². The second-order valence-corrected chi connectivity index (χ2v) is 5.00. The fraction of sp³-hybridized carbons (Fsp3) is 0.100. The van der Waals surface area contributed by atoms with Crippen LogP contribution in [0.25, 0.3) is 0 Å². The molecular weight excluding hydrogens is 304 g/mol. The van der Waals surface area contributed by atoms with E-state index in [0.717, 1.165) is 0 Å². The van der Waals surface area contributed by atoms with Crippen LogP contribution in [0.3, 0.4) is 0 Å². The molecule has 0 amide bonds. The summed E-state index contributed by atoms with van der Waals surface area (Å²) in [4.78, 5) is 25.6. The van der Waals surface area contributed by atoms with Gasteiger partial charge in [0.2, 0.25) is 0 Å². The van der Waals surface area contributed by atoms with Gasteiger partial charge in [-0.3, -0.25) is 9.59 Å². The molecule has 0 fully saturated rings. The topological polar surface area (TPSA) is 52.6 Å². The van der Waals surface area contributed by atoms with Gasteiger partial charge >= 0.3 is 0 Å². The molecular formula is C20H12O4. The minimum absolute atomic E-state index is 0.00389. The van der Waals surface area contributed by atoms with E-state index in [-0.39, 0.29) is 47.4 Å². The summed E-state index contributed by atoms with van der Waals surface area (Å²) in [5, 5.41) is 0. The fourth-order valence-corrected chi connectivity index (χ4v) is 2.63. The minimum Gasteiger partial charge on any atom is -0.477 e. The van der Waals surface area contributed by atoms with Crippen LogP contribution < -0.4 is 9.47 Å². The molecule has 0 atom stereocenters. The number of hydrogen-bond acceptors (Lipinski definition) is 4. The lowest BCUT2D eigenvalue weighted by Gasteiger charge is -2.21. The highest BCUT2D eigenvalue weighted by molar-refractivity contribution is 6.29. The maximum Gasteiger partial charge on any atom is 0.198 e. The first-order valence-electron chi connectivity index (χ1n) is 7.17. The molecule has 4 nitrogen and oxygen atoms in total. The average molecular weight is 316 g/mol. The molecule has 0 heterocycles. The van der Waals surface area contributed by atoms with Crippen molar-refractivity contribution in [3.8, 4) is 36.2 Å². The zero-order valence-corrected chi connectivity index (χ0v) is 12.7. The average Bonchev–Trinajstić information content (AvgIpc) is 2.62. The Bertz CT molecular complexity index is 926. The summed E-state index contributed by atoms with van der Waals surface area (Å²) in [6, 6.07) is 9.76.